The number of nitrogens with zero attached hydrogens (tertiary/aromatic N) is 3. The lowest BCUT2D eigenvalue weighted by atomic mass is 10.1. The van der Waals surface area contributed by atoms with E-state index < -0.39 is 5.91 Å². The zero-order valence-electron chi connectivity index (χ0n) is 12.2. The lowest BCUT2D eigenvalue weighted by Crippen LogP contribution is -2.14. The van der Waals surface area contributed by atoms with Gasteiger partial charge in [0.2, 0.25) is 0 Å². The Morgan fingerprint density at radius 1 is 1.41 bits per heavy atom. The molecule has 0 bridgehead atoms. The molecule has 0 saturated heterocycles. The van der Waals surface area contributed by atoms with E-state index in [2.05, 4.69) is 15.4 Å². The second kappa shape index (κ2) is 5.03. The summed E-state index contributed by atoms with van der Waals surface area (Å²) in [4.78, 5) is 16.0. The van der Waals surface area contributed by atoms with E-state index in [1.165, 1.54) is 6.20 Å². The molecule has 0 aliphatic carbocycles. The standard InChI is InChI=1S/C15H15N5O2/c1-8-12-13(18-9-4-3-5-10(21)6-9)11(14(16)22)7-17-15(12)20(2)19-8/h3-7,21H,1-2H3,(H2,16,22)(H,17,18). The van der Waals surface area contributed by atoms with Crippen molar-refractivity contribution in [3.05, 3.63) is 41.7 Å². The summed E-state index contributed by atoms with van der Waals surface area (Å²) < 4.78 is 1.64. The summed E-state index contributed by atoms with van der Waals surface area (Å²) in [6, 6.07) is 6.61. The number of phenolic OH excluding ortho intramolecular Hbond substituents is 1. The number of aromatic hydroxyl groups is 1. The van der Waals surface area contributed by atoms with Crippen LogP contribution >= 0.6 is 0 Å². The van der Waals surface area contributed by atoms with Crippen LogP contribution in [0.2, 0.25) is 0 Å². The molecule has 7 heteroatoms. The third kappa shape index (κ3) is 2.22. The number of rotatable bonds is 3. The maximum absolute atomic E-state index is 11.7. The van der Waals surface area contributed by atoms with Crippen molar-refractivity contribution in [1.29, 1.82) is 0 Å². The van der Waals surface area contributed by atoms with Crippen LogP contribution in [-0.2, 0) is 7.05 Å². The molecule has 0 radical (unpaired) electrons. The first-order valence-electron chi connectivity index (χ1n) is 6.65. The van der Waals surface area contributed by atoms with Crippen LogP contribution in [0.25, 0.3) is 11.0 Å². The van der Waals surface area contributed by atoms with Gasteiger partial charge in [-0.05, 0) is 19.1 Å². The van der Waals surface area contributed by atoms with Crippen molar-refractivity contribution >= 4 is 28.3 Å². The van der Waals surface area contributed by atoms with Crippen LogP contribution in [0.4, 0.5) is 11.4 Å². The lowest BCUT2D eigenvalue weighted by molar-refractivity contribution is 0.100. The number of phenols is 1. The fourth-order valence-corrected chi connectivity index (χ4v) is 2.46. The SMILES string of the molecule is Cc1nn(C)c2ncc(C(N)=O)c(Nc3cccc(O)c3)c12. The average molecular weight is 297 g/mol. The summed E-state index contributed by atoms with van der Waals surface area (Å²) in [6.45, 7) is 1.84. The van der Waals surface area contributed by atoms with Crippen LogP contribution in [0.1, 0.15) is 16.1 Å². The number of fused-ring (bicyclic) bond motifs is 1. The number of carbonyl (C=O) groups excluding carboxylic acids is 1. The van der Waals surface area contributed by atoms with Crippen LogP contribution in [-0.4, -0.2) is 25.8 Å². The number of aromatic nitrogens is 3. The molecule has 0 atom stereocenters. The van der Waals surface area contributed by atoms with E-state index in [1.807, 2.05) is 6.92 Å². The molecule has 0 unspecified atom stereocenters. The van der Waals surface area contributed by atoms with Gasteiger partial charge in [-0.25, -0.2) is 4.98 Å². The first-order chi connectivity index (χ1) is 10.5. The average Bonchev–Trinajstić information content (AvgIpc) is 2.74. The first-order valence-corrected chi connectivity index (χ1v) is 6.65. The molecule has 0 aliphatic heterocycles. The number of benzene rings is 1. The molecule has 4 N–H and O–H groups in total. The number of carbonyl (C=O) groups is 1. The Kier molecular flexibility index (Phi) is 3.17. The Morgan fingerprint density at radius 2 is 2.18 bits per heavy atom. The summed E-state index contributed by atoms with van der Waals surface area (Å²) in [5, 5.41) is 17.8. The number of nitrogens with two attached hydrogens (primary N) is 1. The lowest BCUT2D eigenvalue weighted by Gasteiger charge is -2.12. The van der Waals surface area contributed by atoms with Crippen molar-refractivity contribution in [1.82, 2.24) is 14.8 Å². The van der Waals surface area contributed by atoms with Crippen molar-refractivity contribution in [2.75, 3.05) is 5.32 Å². The quantitative estimate of drug-likeness (QED) is 0.683. The summed E-state index contributed by atoms with van der Waals surface area (Å²) in [6.07, 6.45) is 1.43. The molecule has 3 rings (SSSR count). The predicted octanol–water partition coefficient (Wildman–Crippen LogP) is 1.82. The highest BCUT2D eigenvalue weighted by molar-refractivity contribution is 6.07. The molecule has 1 amide bonds. The van der Waals surface area contributed by atoms with E-state index in [4.69, 9.17) is 5.73 Å². The molecule has 7 nitrogen and oxygen atoms in total. The monoisotopic (exact) mass is 297 g/mol. The minimum Gasteiger partial charge on any atom is -0.508 e. The van der Waals surface area contributed by atoms with E-state index >= 15 is 0 Å². The first kappa shape index (κ1) is 13.9. The predicted molar refractivity (Wildman–Crippen MR) is 83.2 cm³/mol. The van der Waals surface area contributed by atoms with Crippen LogP contribution in [0, 0.1) is 6.92 Å². The topological polar surface area (TPSA) is 106 Å². The number of amides is 1. The molecule has 22 heavy (non-hydrogen) atoms. The highest BCUT2D eigenvalue weighted by Gasteiger charge is 2.18. The van der Waals surface area contributed by atoms with Crippen molar-refractivity contribution in [2.24, 2.45) is 12.8 Å². The summed E-state index contributed by atoms with van der Waals surface area (Å²) in [7, 11) is 1.78. The molecule has 2 aromatic heterocycles. The van der Waals surface area contributed by atoms with Crippen molar-refractivity contribution in [2.45, 2.75) is 6.92 Å². The van der Waals surface area contributed by atoms with Gasteiger partial charge in [0, 0.05) is 25.0 Å². The number of hydrogen-bond acceptors (Lipinski definition) is 5. The second-order valence-corrected chi connectivity index (χ2v) is 4.99. The van der Waals surface area contributed by atoms with E-state index in [0.717, 1.165) is 11.1 Å². The Hall–Kier alpha value is -3.09. The van der Waals surface area contributed by atoms with Crippen molar-refractivity contribution in [3.8, 4) is 5.75 Å². The minimum absolute atomic E-state index is 0.124. The minimum atomic E-state index is -0.583. The normalized spacial score (nSPS) is 10.8. The summed E-state index contributed by atoms with van der Waals surface area (Å²) in [5.74, 6) is -0.459. The van der Waals surface area contributed by atoms with Crippen LogP contribution < -0.4 is 11.1 Å². The molecule has 2 heterocycles. The van der Waals surface area contributed by atoms with Crippen molar-refractivity contribution in [3.63, 3.8) is 0 Å². The van der Waals surface area contributed by atoms with Gasteiger partial charge in [0.1, 0.15) is 5.75 Å². The fourth-order valence-electron chi connectivity index (χ4n) is 2.46. The Labute approximate surface area is 126 Å². The van der Waals surface area contributed by atoms with Gasteiger partial charge in [0.25, 0.3) is 5.91 Å². The van der Waals surface area contributed by atoms with Gasteiger partial charge in [-0.1, -0.05) is 6.07 Å². The molecule has 0 fully saturated rings. The molecule has 3 aromatic rings. The second-order valence-electron chi connectivity index (χ2n) is 4.99. The number of nitrogens with one attached hydrogen (secondary N) is 1. The molecular formula is C15H15N5O2. The van der Waals surface area contributed by atoms with Crippen molar-refractivity contribution < 1.29 is 9.90 Å². The third-order valence-electron chi connectivity index (χ3n) is 3.41. The van der Waals surface area contributed by atoms with Gasteiger partial charge in [0.15, 0.2) is 5.65 Å². The third-order valence-corrected chi connectivity index (χ3v) is 3.41. The number of primary amides is 1. The molecule has 0 saturated carbocycles. The highest BCUT2D eigenvalue weighted by Crippen LogP contribution is 2.31. The van der Waals surface area contributed by atoms with Gasteiger partial charge in [0.05, 0.1) is 22.3 Å². The highest BCUT2D eigenvalue weighted by atomic mass is 16.3. The van der Waals surface area contributed by atoms with Crippen LogP contribution in [0.15, 0.2) is 30.5 Å². The van der Waals surface area contributed by atoms with E-state index in [-0.39, 0.29) is 11.3 Å². The molecular weight excluding hydrogens is 282 g/mol. The molecule has 0 spiro atoms. The van der Waals surface area contributed by atoms with Crippen LogP contribution in [0.5, 0.6) is 5.75 Å². The largest absolute Gasteiger partial charge is 0.508 e. The Bertz CT molecular complexity index is 885. The Balaban J connectivity index is 2.25. The van der Waals surface area contributed by atoms with Gasteiger partial charge < -0.3 is 16.2 Å². The number of hydrogen-bond donors (Lipinski definition) is 3. The van der Waals surface area contributed by atoms with E-state index in [1.54, 1.807) is 36.0 Å². The van der Waals surface area contributed by atoms with E-state index in [0.29, 0.717) is 17.0 Å². The van der Waals surface area contributed by atoms with Gasteiger partial charge >= 0.3 is 0 Å². The number of anilines is 2. The zero-order chi connectivity index (χ0) is 15.9. The Morgan fingerprint density at radius 3 is 2.86 bits per heavy atom. The smallest absolute Gasteiger partial charge is 0.252 e. The molecule has 0 aliphatic rings. The van der Waals surface area contributed by atoms with Gasteiger partial charge in [-0.2, -0.15) is 5.10 Å². The van der Waals surface area contributed by atoms with Gasteiger partial charge in [-0.3, -0.25) is 9.48 Å². The summed E-state index contributed by atoms with van der Waals surface area (Å²) >= 11 is 0. The summed E-state index contributed by atoms with van der Waals surface area (Å²) in [5.41, 5.74) is 8.27. The molecule has 1 aromatic carbocycles. The number of pyridine rings is 1. The zero-order valence-corrected chi connectivity index (χ0v) is 12.2. The molecule has 112 valence electrons. The maximum Gasteiger partial charge on any atom is 0.252 e. The maximum atomic E-state index is 11.7. The van der Waals surface area contributed by atoms with E-state index in [9.17, 15) is 9.90 Å². The fraction of sp³-hybridized carbons (Fsp3) is 0.133. The number of aryl methyl sites for hydroxylation is 2. The van der Waals surface area contributed by atoms with Crippen LogP contribution in [0.3, 0.4) is 0 Å². The van der Waals surface area contributed by atoms with Gasteiger partial charge in [-0.15, -0.1) is 0 Å².